The number of aliphatic hydroxyl groups is 1. The van der Waals surface area contributed by atoms with E-state index in [1.54, 1.807) is 19.1 Å². The smallest absolute Gasteiger partial charge is 0.255 e. The number of nitrogens with zero attached hydrogens (tertiary/aromatic N) is 3. The van der Waals surface area contributed by atoms with E-state index in [0.717, 1.165) is 5.56 Å². The lowest BCUT2D eigenvalue weighted by Crippen LogP contribution is -2.18. The standard InChI is InChI=1S/C16H15ClN4O3S/c1-9-12(5-6-22)15(23)20-16(18-9)25-8-13-19-14(21-24-13)10-3-2-4-11(17)7-10/h2-4,7,22H,5-6,8H2,1H3,(H,18,20,23). The number of aromatic amines is 1. The van der Waals surface area contributed by atoms with Crippen LogP contribution < -0.4 is 5.56 Å². The molecule has 3 aromatic rings. The second-order valence-corrected chi connectivity index (χ2v) is 6.62. The monoisotopic (exact) mass is 378 g/mol. The van der Waals surface area contributed by atoms with E-state index in [1.165, 1.54) is 11.8 Å². The molecule has 130 valence electrons. The molecule has 0 atom stereocenters. The van der Waals surface area contributed by atoms with E-state index < -0.39 is 0 Å². The number of halogens is 1. The number of aromatic nitrogens is 4. The molecule has 0 fully saturated rings. The molecule has 0 bridgehead atoms. The first-order chi connectivity index (χ1) is 12.1. The summed E-state index contributed by atoms with van der Waals surface area (Å²) in [6.45, 7) is 1.65. The Morgan fingerprint density at radius 1 is 1.36 bits per heavy atom. The fraction of sp³-hybridized carbons (Fsp3) is 0.250. The molecule has 0 aliphatic heterocycles. The van der Waals surface area contributed by atoms with Crippen LogP contribution in [0, 0.1) is 6.92 Å². The molecule has 3 rings (SSSR count). The lowest BCUT2D eigenvalue weighted by Gasteiger charge is -2.04. The molecule has 2 N–H and O–H groups in total. The minimum Gasteiger partial charge on any atom is -0.396 e. The number of hydrogen-bond acceptors (Lipinski definition) is 7. The average molecular weight is 379 g/mol. The van der Waals surface area contributed by atoms with Crippen molar-refractivity contribution < 1.29 is 9.63 Å². The first-order valence-corrected chi connectivity index (χ1v) is 8.85. The van der Waals surface area contributed by atoms with Gasteiger partial charge in [0.15, 0.2) is 5.16 Å². The summed E-state index contributed by atoms with van der Waals surface area (Å²) in [4.78, 5) is 23.3. The molecular weight excluding hydrogens is 364 g/mol. The van der Waals surface area contributed by atoms with Gasteiger partial charge >= 0.3 is 0 Å². The van der Waals surface area contributed by atoms with Gasteiger partial charge in [-0.1, -0.05) is 40.7 Å². The number of aryl methyl sites for hydroxylation is 1. The van der Waals surface area contributed by atoms with Crippen LogP contribution in [-0.4, -0.2) is 31.8 Å². The highest BCUT2D eigenvalue weighted by molar-refractivity contribution is 7.98. The lowest BCUT2D eigenvalue weighted by molar-refractivity contribution is 0.298. The van der Waals surface area contributed by atoms with Crippen molar-refractivity contribution in [2.24, 2.45) is 0 Å². The molecule has 1 aromatic carbocycles. The molecule has 9 heteroatoms. The van der Waals surface area contributed by atoms with Crippen molar-refractivity contribution in [3.63, 3.8) is 0 Å². The Morgan fingerprint density at radius 3 is 2.92 bits per heavy atom. The summed E-state index contributed by atoms with van der Waals surface area (Å²) >= 11 is 7.25. The van der Waals surface area contributed by atoms with Crippen molar-refractivity contribution >= 4 is 23.4 Å². The summed E-state index contributed by atoms with van der Waals surface area (Å²) in [5.41, 5.74) is 1.62. The number of hydrogen-bond donors (Lipinski definition) is 2. The van der Waals surface area contributed by atoms with E-state index in [0.29, 0.717) is 38.9 Å². The molecule has 0 aliphatic carbocycles. The molecule has 2 heterocycles. The van der Waals surface area contributed by atoms with Crippen LogP contribution in [0.5, 0.6) is 0 Å². The summed E-state index contributed by atoms with van der Waals surface area (Å²) < 4.78 is 5.23. The predicted molar refractivity (Wildman–Crippen MR) is 94.7 cm³/mol. The number of aliphatic hydroxyl groups excluding tert-OH is 1. The molecule has 0 spiro atoms. The van der Waals surface area contributed by atoms with Gasteiger partial charge in [-0.25, -0.2) is 4.98 Å². The Balaban J connectivity index is 1.71. The number of rotatable bonds is 6. The summed E-state index contributed by atoms with van der Waals surface area (Å²) in [5.74, 6) is 1.24. The lowest BCUT2D eigenvalue weighted by atomic mass is 10.2. The van der Waals surface area contributed by atoms with Gasteiger partial charge in [0.2, 0.25) is 11.7 Å². The van der Waals surface area contributed by atoms with Crippen LogP contribution in [0.15, 0.2) is 38.7 Å². The third-order valence-corrected chi connectivity index (χ3v) is 4.54. The molecule has 2 aromatic heterocycles. The summed E-state index contributed by atoms with van der Waals surface area (Å²) in [7, 11) is 0. The van der Waals surface area contributed by atoms with Crippen molar-refractivity contribution in [2.45, 2.75) is 24.3 Å². The highest BCUT2D eigenvalue weighted by atomic mass is 35.5. The Morgan fingerprint density at radius 2 is 2.20 bits per heavy atom. The van der Waals surface area contributed by atoms with Gasteiger partial charge in [-0.05, 0) is 19.1 Å². The number of thioether (sulfide) groups is 1. The van der Waals surface area contributed by atoms with Gasteiger partial charge in [0, 0.05) is 34.9 Å². The maximum atomic E-state index is 12.0. The van der Waals surface area contributed by atoms with Crippen molar-refractivity contribution in [3.05, 3.63) is 56.8 Å². The van der Waals surface area contributed by atoms with Crippen LogP contribution >= 0.6 is 23.4 Å². The zero-order chi connectivity index (χ0) is 17.8. The predicted octanol–water partition coefficient (Wildman–Crippen LogP) is 2.61. The summed E-state index contributed by atoms with van der Waals surface area (Å²) in [6.07, 6.45) is 0.284. The Kier molecular flexibility index (Phi) is 5.52. The van der Waals surface area contributed by atoms with Gasteiger partial charge in [0.1, 0.15) is 0 Å². The summed E-state index contributed by atoms with van der Waals surface area (Å²) in [6, 6.07) is 7.18. The minimum absolute atomic E-state index is 0.0909. The van der Waals surface area contributed by atoms with Gasteiger partial charge in [-0.2, -0.15) is 4.98 Å². The van der Waals surface area contributed by atoms with Crippen LogP contribution in [0.3, 0.4) is 0 Å². The van der Waals surface area contributed by atoms with Gasteiger partial charge in [-0.3, -0.25) is 4.79 Å². The van der Waals surface area contributed by atoms with Crippen LogP contribution in [-0.2, 0) is 12.2 Å². The van der Waals surface area contributed by atoms with E-state index in [2.05, 4.69) is 20.1 Å². The largest absolute Gasteiger partial charge is 0.396 e. The van der Waals surface area contributed by atoms with Gasteiger partial charge in [0.05, 0.1) is 5.75 Å². The fourth-order valence-electron chi connectivity index (χ4n) is 2.25. The SMILES string of the molecule is Cc1nc(SCc2nc(-c3cccc(Cl)c3)no2)[nH]c(=O)c1CCO. The first-order valence-electron chi connectivity index (χ1n) is 7.49. The Labute approximate surface area is 152 Å². The van der Waals surface area contributed by atoms with Crippen LogP contribution in [0.2, 0.25) is 5.02 Å². The number of nitrogens with one attached hydrogen (secondary N) is 1. The molecule has 0 saturated carbocycles. The number of H-pyrrole nitrogens is 1. The maximum absolute atomic E-state index is 12.0. The average Bonchev–Trinajstić information content (AvgIpc) is 3.05. The Hall–Kier alpha value is -2.16. The van der Waals surface area contributed by atoms with Crippen molar-refractivity contribution in [1.29, 1.82) is 0 Å². The van der Waals surface area contributed by atoms with Crippen LogP contribution in [0.4, 0.5) is 0 Å². The zero-order valence-electron chi connectivity index (χ0n) is 13.3. The first kappa shape index (κ1) is 17.7. The molecule has 0 unspecified atom stereocenters. The van der Waals surface area contributed by atoms with E-state index in [9.17, 15) is 4.79 Å². The Bertz CT molecular complexity index is 941. The van der Waals surface area contributed by atoms with E-state index in [1.807, 2.05) is 12.1 Å². The molecule has 0 saturated heterocycles. The number of benzene rings is 1. The molecular formula is C16H15ClN4O3S. The van der Waals surface area contributed by atoms with Crippen LogP contribution in [0.25, 0.3) is 11.4 Å². The third-order valence-electron chi connectivity index (χ3n) is 3.45. The van der Waals surface area contributed by atoms with Gasteiger partial charge < -0.3 is 14.6 Å². The van der Waals surface area contributed by atoms with E-state index in [-0.39, 0.29) is 18.6 Å². The van der Waals surface area contributed by atoms with E-state index in [4.69, 9.17) is 21.2 Å². The van der Waals surface area contributed by atoms with Gasteiger partial charge in [0.25, 0.3) is 5.56 Å². The highest BCUT2D eigenvalue weighted by Crippen LogP contribution is 2.23. The quantitative estimate of drug-likeness (QED) is 0.501. The maximum Gasteiger partial charge on any atom is 0.255 e. The molecule has 0 amide bonds. The fourth-order valence-corrected chi connectivity index (χ4v) is 3.18. The van der Waals surface area contributed by atoms with Crippen LogP contribution in [0.1, 0.15) is 17.1 Å². The zero-order valence-corrected chi connectivity index (χ0v) is 14.9. The molecule has 0 aliphatic rings. The van der Waals surface area contributed by atoms with Crippen molar-refractivity contribution in [3.8, 4) is 11.4 Å². The van der Waals surface area contributed by atoms with Crippen molar-refractivity contribution in [2.75, 3.05) is 6.61 Å². The van der Waals surface area contributed by atoms with Crippen molar-refractivity contribution in [1.82, 2.24) is 20.1 Å². The van der Waals surface area contributed by atoms with E-state index >= 15 is 0 Å². The third kappa shape index (κ3) is 4.28. The molecule has 25 heavy (non-hydrogen) atoms. The normalized spacial score (nSPS) is 11.0. The second kappa shape index (κ2) is 7.81. The minimum atomic E-state index is -0.241. The van der Waals surface area contributed by atoms with Gasteiger partial charge in [-0.15, -0.1) is 0 Å². The molecule has 7 nitrogen and oxygen atoms in total. The molecule has 0 radical (unpaired) electrons. The highest BCUT2D eigenvalue weighted by Gasteiger charge is 2.12. The second-order valence-electron chi connectivity index (χ2n) is 5.22. The summed E-state index contributed by atoms with van der Waals surface area (Å²) in [5, 5.41) is 14.0. The topological polar surface area (TPSA) is 105 Å².